The van der Waals surface area contributed by atoms with Crippen LogP contribution in [0.5, 0.6) is 5.75 Å². The van der Waals surface area contributed by atoms with Crippen LogP contribution in [0.1, 0.15) is 20.3 Å². The summed E-state index contributed by atoms with van der Waals surface area (Å²) in [6.45, 7) is 3.75. The van der Waals surface area contributed by atoms with Gasteiger partial charge in [0.05, 0.1) is 6.10 Å². The fourth-order valence-corrected chi connectivity index (χ4v) is 1.37. The highest BCUT2D eigenvalue weighted by atomic mass is 16.3. The van der Waals surface area contributed by atoms with Gasteiger partial charge in [0.25, 0.3) is 0 Å². The Bertz CT molecular complexity index is 405. The lowest BCUT2D eigenvalue weighted by Crippen LogP contribution is -2.25. The van der Waals surface area contributed by atoms with Gasteiger partial charge in [0.2, 0.25) is 0 Å². The quantitative estimate of drug-likeness (QED) is 0.725. The summed E-state index contributed by atoms with van der Waals surface area (Å²) in [5.74, 6) is 0.227. The van der Waals surface area contributed by atoms with Crippen molar-refractivity contribution in [2.45, 2.75) is 26.4 Å². The van der Waals surface area contributed by atoms with Gasteiger partial charge in [0.1, 0.15) is 5.75 Å². The van der Waals surface area contributed by atoms with Gasteiger partial charge >= 0.3 is 0 Å². The van der Waals surface area contributed by atoms with Crippen LogP contribution in [0.25, 0.3) is 12.2 Å². The summed E-state index contributed by atoms with van der Waals surface area (Å²) in [6, 6.07) is 5.17. The van der Waals surface area contributed by atoms with Crippen LogP contribution >= 0.6 is 0 Å². The van der Waals surface area contributed by atoms with Gasteiger partial charge in [-0.05, 0) is 42.0 Å². The molecule has 0 aliphatic rings. The highest BCUT2D eigenvalue weighted by molar-refractivity contribution is 5.37. The second-order valence-electron chi connectivity index (χ2n) is 3.33. The van der Waals surface area contributed by atoms with Crippen molar-refractivity contribution in [3.63, 3.8) is 0 Å². The summed E-state index contributed by atoms with van der Waals surface area (Å²) < 4.78 is 0. The zero-order valence-electron chi connectivity index (χ0n) is 8.57. The minimum Gasteiger partial charge on any atom is -0.508 e. The van der Waals surface area contributed by atoms with E-state index in [1.165, 1.54) is 0 Å². The Labute approximate surface area is 83.8 Å². The first-order valence-electron chi connectivity index (χ1n) is 4.82. The third-order valence-electron chi connectivity index (χ3n) is 1.92. The minimum atomic E-state index is -0.499. The van der Waals surface area contributed by atoms with Crippen molar-refractivity contribution in [2.75, 3.05) is 0 Å². The SMILES string of the molecule is CC/C=c1/ccc(O)c/c1=C/C(C)O. The number of benzene rings is 1. The molecule has 1 aromatic carbocycles. The van der Waals surface area contributed by atoms with Crippen LogP contribution in [0.3, 0.4) is 0 Å². The van der Waals surface area contributed by atoms with Gasteiger partial charge in [-0.15, -0.1) is 0 Å². The Balaban J connectivity index is 3.38. The zero-order chi connectivity index (χ0) is 10.6. The van der Waals surface area contributed by atoms with Crippen molar-refractivity contribution < 1.29 is 10.2 Å². The van der Waals surface area contributed by atoms with Crippen molar-refractivity contribution in [3.05, 3.63) is 28.6 Å². The Morgan fingerprint density at radius 1 is 1.36 bits per heavy atom. The van der Waals surface area contributed by atoms with E-state index in [1.54, 1.807) is 25.1 Å². The second kappa shape index (κ2) is 4.82. The first kappa shape index (κ1) is 10.8. The molecule has 2 heteroatoms. The Hall–Kier alpha value is -1.28. The van der Waals surface area contributed by atoms with Gasteiger partial charge in [-0.25, -0.2) is 0 Å². The first-order valence-corrected chi connectivity index (χ1v) is 4.82. The number of hydrogen-bond acceptors (Lipinski definition) is 2. The molecule has 0 aliphatic carbocycles. The van der Waals surface area contributed by atoms with Crippen molar-refractivity contribution in [1.29, 1.82) is 0 Å². The maximum absolute atomic E-state index is 9.30. The molecule has 0 radical (unpaired) electrons. The molecule has 2 nitrogen and oxygen atoms in total. The number of aliphatic hydroxyl groups is 1. The van der Waals surface area contributed by atoms with E-state index >= 15 is 0 Å². The smallest absolute Gasteiger partial charge is 0.116 e. The highest BCUT2D eigenvalue weighted by Gasteiger charge is 1.92. The lowest BCUT2D eigenvalue weighted by atomic mass is 10.1. The largest absolute Gasteiger partial charge is 0.508 e. The van der Waals surface area contributed by atoms with Crippen molar-refractivity contribution in [1.82, 2.24) is 0 Å². The minimum absolute atomic E-state index is 0.227. The molecule has 0 spiro atoms. The fraction of sp³-hybridized carbons (Fsp3) is 0.333. The van der Waals surface area contributed by atoms with Crippen molar-refractivity contribution >= 4 is 12.2 Å². The normalized spacial score (nSPS) is 15.9. The molecule has 1 aromatic rings. The number of phenols is 1. The van der Waals surface area contributed by atoms with Crippen LogP contribution in [-0.4, -0.2) is 16.3 Å². The monoisotopic (exact) mass is 192 g/mol. The molecular weight excluding hydrogens is 176 g/mol. The molecule has 0 aliphatic heterocycles. The summed E-state index contributed by atoms with van der Waals surface area (Å²) in [7, 11) is 0. The molecule has 0 saturated carbocycles. The molecule has 1 unspecified atom stereocenters. The van der Waals surface area contributed by atoms with E-state index in [-0.39, 0.29) is 5.75 Å². The number of phenolic OH excluding ortho intramolecular Hbond substituents is 1. The topological polar surface area (TPSA) is 40.5 Å². The van der Waals surface area contributed by atoms with Crippen LogP contribution in [0, 0.1) is 0 Å². The van der Waals surface area contributed by atoms with E-state index < -0.39 is 6.10 Å². The maximum atomic E-state index is 9.30. The second-order valence-corrected chi connectivity index (χ2v) is 3.33. The van der Waals surface area contributed by atoms with Crippen LogP contribution in [0.2, 0.25) is 0 Å². The van der Waals surface area contributed by atoms with E-state index in [1.807, 2.05) is 6.07 Å². The summed E-state index contributed by atoms with van der Waals surface area (Å²) >= 11 is 0. The molecule has 0 aromatic heterocycles. The van der Waals surface area contributed by atoms with E-state index in [9.17, 15) is 10.2 Å². The molecule has 76 valence electrons. The predicted octanol–water partition coefficient (Wildman–Crippen LogP) is 0.744. The highest BCUT2D eigenvalue weighted by Crippen LogP contribution is 1.98. The molecule has 14 heavy (non-hydrogen) atoms. The van der Waals surface area contributed by atoms with E-state index in [0.29, 0.717) is 0 Å². The van der Waals surface area contributed by atoms with Crippen LogP contribution in [-0.2, 0) is 0 Å². The maximum Gasteiger partial charge on any atom is 0.116 e. The fourth-order valence-electron chi connectivity index (χ4n) is 1.37. The van der Waals surface area contributed by atoms with Crippen molar-refractivity contribution in [2.24, 2.45) is 0 Å². The number of rotatable bonds is 2. The molecule has 0 saturated heterocycles. The van der Waals surface area contributed by atoms with E-state index in [0.717, 1.165) is 16.9 Å². The first-order chi connectivity index (χ1) is 6.63. The molecular formula is C12H16O2. The summed E-state index contributed by atoms with van der Waals surface area (Å²) in [5.41, 5.74) is 0. The van der Waals surface area contributed by atoms with E-state index in [4.69, 9.17) is 0 Å². The number of hydrogen-bond donors (Lipinski definition) is 2. The van der Waals surface area contributed by atoms with Crippen molar-refractivity contribution in [3.8, 4) is 5.75 Å². The molecule has 0 bridgehead atoms. The van der Waals surface area contributed by atoms with Crippen LogP contribution in [0.4, 0.5) is 0 Å². The third-order valence-corrected chi connectivity index (χ3v) is 1.92. The third kappa shape index (κ3) is 2.89. The molecule has 0 amide bonds. The molecule has 1 rings (SSSR count). The molecule has 1 atom stereocenters. The van der Waals surface area contributed by atoms with Gasteiger partial charge in [-0.1, -0.05) is 19.1 Å². The number of aliphatic hydroxyl groups excluding tert-OH is 1. The summed E-state index contributed by atoms with van der Waals surface area (Å²) in [6.07, 6.45) is 4.22. The zero-order valence-corrected chi connectivity index (χ0v) is 8.57. The lowest BCUT2D eigenvalue weighted by molar-refractivity contribution is 0.258. The molecule has 0 heterocycles. The van der Waals surface area contributed by atoms with Gasteiger partial charge in [-0.2, -0.15) is 0 Å². The summed E-state index contributed by atoms with van der Waals surface area (Å²) in [4.78, 5) is 0. The van der Waals surface area contributed by atoms with Gasteiger partial charge in [0.15, 0.2) is 0 Å². The van der Waals surface area contributed by atoms with Gasteiger partial charge < -0.3 is 10.2 Å². The average Bonchev–Trinajstić information content (AvgIpc) is 2.09. The Kier molecular flexibility index (Phi) is 3.72. The summed E-state index contributed by atoms with van der Waals surface area (Å²) in [5, 5.41) is 20.5. The van der Waals surface area contributed by atoms with E-state index in [2.05, 4.69) is 13.0 Å². The standard InChI is InChI=1S/C12H16O2/c1-3-4-10-5-6-12(14)8-11(10)7-9(2)13/h4-9,13-14H,3H2,1-2H3/b10-4-,11-7-. The van der Waals surface area contributed by atoms with Gasteiger partial charge in [-0.3, -0.25) is 0 Å². The predicted molar refractivity (Wildman–Crippen MR) is 58.3 cm³/mol. The van der Waals surface area contributed by atoms with Crippen LogP contribution < -0.4 is 10.4 Å². The lowest BCUT2D eigenvalue weighted by Gasteiger charge is -1.97. The van der Waals surface area contributed by atoms with Gasteiger partial charge in [0, 0.05) is 0 Å². The molecule has 2 N–H and O–H groups in total. The van der Waals surface area contributed by atoms with Crippen LogP contribution in [0.15, 0.2) is 18.2 Å². The Morgan fingerprint density at radius 2 is 2.07 bits per heavy atom. The number of aromatic hydroxyl groups is 1. The average molecular weight is 192 g/mol. The Morgan fingerprint density at radius 3 is 2.64 bits per heavy atom. The molecule has 0 fully saturated rings.